The van der Waals surface area contributed by atoms with Crippen LogP contribution in [-0.4, -0.2) is 17.0 Å². The monoisotopic (exact) mass is 259 g/mol. The van der Waals surface area contributed by atoms with Gasteiger partial charge in [0.2, 0.25) is 5.95 Å². The predicted molar refractivity (Wildman–Crippen MR) is 59.9 cm³/mol. The first-order valence-electron chi connectivity index (χ1n) is 4.68. The summed E-state index contributed by atoms with van der Waals surface area (Å²) in [4.78, 5) is 8.06. The average molecular weight is 259 g/mol. The SMILES string of the molecule is CNc1nc(-c2cccs2)cc(C(F)(F)F)n1. The van der Waals surface area contributed by atoms with E-state index < -0.39 is 11.9 Å². The molecule has 0 aliphatic heterocycles. The second-order valence-electron chi connectivity index (χ2n) is 3.19. The maximum absolute atomic E-state index is 12.6. The molecule has 0 aromatic carbocycles. The van der Waals surface area contributed by atoms with Crippen molar-refractivity contribution < 1.29 is 13.2 Å². The first kappa shape index (κ1) is 11.8. The van der Waals surface area contributed by atoms with Gasteiger partial charge >= 0.3 is 6.18 Å². The third kappa shape index (κ3) is 2.55. The third-order valence-electron chi connectivity index (χ3n) is 2.01. The van der Waals surface area contributed by atoms with E-state index in [0.717, 1.165) is 6.07 Å². The number of nitrogens with one attached hydrogen (secondary N) is 1. The lowest BCUT2D eigenvalue weighted by molar-refractivity contribution is -0.141. The van der Waals surface area contributed by atoms with Gasteiger partial charge in [-0.1, -0.05) is 6.07 Å². The summed E-state index contributed by atoms with van der Waals surface area (Å²) in [5.74, 6) is -0.0387. The predicted octanol–water partition coefficient (Wildman–Crippen LogP) is 3.27. The molecule has 0 aliphatic carbocycles. The van der Waals surface area contributed by atoms with Gasteiger partial charge < -0.3 is 5.32 Å². The Labute approximate surface area is 99.3 Å². The minimum Gasteiger partial charge on any atom is -0.357 e. The van der Waals surface area contributed by atoms with Gasteiger partial charge in [0.05, 0.1) is 10.6 Å². The first-order valence-corrected chi connectivity index (χ1v) is 5.56. The molecule has 2 heterocycles. The molecule has 0 spiro atoms. The molecule has 7 heteroatoms. The first-order chi connectivity index (χ1) is 8.00. The molecule has 2 aromatic heterocycles. The Morgan fingerprint density at radius 1 is 1.29 bits per heavy atom. The van der Waals surface area contributed by atoms with E-state index in [1.807, 2.05) is 0 Å². The zero-order chi connectivity index (χ0) is 12.5. The molecule has 2 rings (SSSR count). The highest BCUT2D eigenvalue weighted by atomic mass is 32.1. The van der Waals surface area contributed by atoms with Crippen molar-refractivity contribution in [2.45, 2.75) is 6.18 Å². The van der Waals surface area contributed by atoms with Crippen LogP contribution in [0.4, 0.5) is 19.1 Å². The van der Waals surface area contributed by atoms with Crippen molar-refractivity contribution in [2.75, 3.05) is 12.4 Å². The molecular weight excluding hydrogens is 251 g/mol. The zero-order valence-electron chi connectivity index (χ0n) is 8.75. The number of rotatable bonds is 2. The Hall–Kier alpha value is -1.63. The number of nitrogens with zero attached hydrogens (tertiary/aromatic N) is 2. The number of thiophene rings is 1. The van der Waals surface area contributed by atoms with Crippen LogP contribution < -0.4 is 5.32 Å². The van der Waals surface area contributed by atoms with Gasteiger partial charge in [-0.05, 0) is 17.5 Å². The number of anilines is 1. The van der Waals surface area contributed by atoms with E-state index in [4.69, 9.17) is 0 Å². The lowest BCUT2D eigenvalue weighted by atomic mass is 10.3. The Morgan fingerprint density at radius 3 is 2.59 bits per heavy atom. The van der Waals surface area contributed by atoms with Gasteiger partial charge in [0, 0.05) is 7.05 Å². The van der Waals surface area contributed by atoms with E-state index in [1.165, 1.54) is 18.4 Å². The Morgan fingerprint density at radius 2 is 2.06 bits per heavy atom. The third-order valence-corrected chi connectivity index (χ3v) is 2.91. The minimum atomic E-state index is -4.47. The van der Waals surface area contributed by atoms with E-state index in [0.29, 0.717) is 4.88 Å². The molecule has 0 aliphatic rings. The van der Waals surface area contributed by atoms with Crippen LogP contribution >= 0.6 is 11.3 Å². The number of hydrogen-bond donors (Lipinski definition) is 1. The molecule has 0 bridgehead atoms. The standard InChI is InChI=1S/C10H8F3N3S/c1-14-9-15-6(7-3-2-4-17-7)5-8(16-9)10(11,12)13/h2-5H,1H3,(H,14,15,16). The van der Waals surface area contributed by atoms with Crippen LogP contribution in [-0.2, 0) is 6.18 Å². The van der Waals surface area contributed by atoms with E-state index >= 15 is 0 Å². The van der Waals surface area contributed by atoms with Crippen molar-refractivity contribution in [1.29, 1.82) is 0 Å². The van der Waals surface area contributed by atoms with Crippen molar-refractivity contribution >= 4 is 17.3 Å². The summed E-state index contributed by atoms with van der Waals surface area (Å²) in [5, 5.41) is 4.31. The van der Waals surface area contributed by atoms with Crippen LogP contribution in [0, 0.1) is 0 Å². The fourth-order valence-corrected chi connectivity index (χ4v) is 1.94. The Balaban J connectivity index is 2.54. The minimum absolute atomic E-state index is 0.0387. The fourth-order valence-electron chi connectivity index (χ4n) is 1.25. The second-order valence-corrected chi connectivity index (χ2v) is 4.13. The molecule has 0 unspecified atom stereocenters. The summed E-state index contributed by atoms with van der Waals surface area (Å²) in [6.07, 6.45) is -4.47. The Bertz CT molecular complexity index is 508. The highest BCUT2D eigenvalue weighted by molar-refractivity contribution is 7.13. The molecule has 0 amide bonds. The lowest BCUT2D eigenvalue weighted by Gasteiger charge is -2.09. The molecular formula is C10H8F3N3S. The van der Waals surface area contributed by atoms with Crippen molar-refractivity contribution in [3.8, 4) is 10.6 Å². The fraction of sp³-hybridized carbons (Fsp3) is 0.200. The lowest BCUT2D eigenvalue weighted by Crippen LogP contribution is -2.11. The van der Waals surface area contributed by atoms with Crippen LogP contribution in [0.25, 0.3) is 10.6 Å². The van der Waals surface area contributed by atoms with Gasteiger partial charge in [-0.25, -0.2) is 9.97 Å². The largest absolute Gasteiger partial charge is 0.433 e. The number of hydrogen-bond acceptors (Lipinski definition) is 4. The van der Waals surface area contributed by atoms with Crippen molar-refractivity contribution in [1.82, 2.24) is 9.97 Å². The second kappa shape index (κ2) is 4.33. The van der Waals surface area contributed by atoms with E-state index in [9.17, 15) is 13.2 Å². The number of alkyl halides is 3. The van der Waals surface area contributed by atoms with E-state index in [1.54, 1.807) is 17.5 Å². The van der Waals surface area contributed by atoms with Crippen LogP contribution in [0.1, 0.15) is 5.69 Å². The van der Waals surface area contributed by atoms with Crippen LogP contribution in [0.15, 0.2) is 23.6 Å². The van der Waals surface area contributed by atoms with Gasteiger partial charge in [0.15, 0.2) is 5.69 Å². The molecule has 0 saturated heterocycles. The Kier molecular flexibility index (Phi) is 3.01. The van der Waals surface area contributed by atoms with Crippen molar-refractivity contribution in [3.63, 3.8) is 0 Å². The van der Waals surface area contributed by atoms with Crippen LogP contribution in [0.2, 0.25) is 0 Å². The molecule has 0 atom stereocenters. The summed E-state index contributed by atoms with van der Waals surface area (Å²) >= 11 is 1.33. The van der Waals surface area contributed by atoms with Gasteiger partial charge in [-0.15, -0.1) is 11.3 Å². The maximum Gasteiger partial charge on any atom is 0.433 e. The summed E-state index contributed by atoms with van der Waals surface area (Å²) in [6, 6.07) is 4.42. The number of aromatic nitrogens is 2. The summed E-state index contributed by atoms with van der Waals surface area (Å²) in [7, 11) is 1.48. The summed E-state index contributed by atoms with van der Waals surface area (Å²) in [5.41, 5.74) is -0.674. The van der Waals surface area contributed by atoms with Crippen LogP contribution in [0.5, 0.6) is 0 Å². The average Bonchev–Trinajstić information content (AvgIpc) is 2.80. The molecule has 3 nitrogen and oxygen atoms in total. The highest BCUT2D eigenvalue weighted by Crippen LogP contribution is 2.32. The number of halogens is 3. The highest BCUT2D eigenvalue weighted by Gasteiger charge is 2.33. The van der Waals surface area contributed by atoms with Crippen LogP contribution in [0.3, 0.4) is 0 Å². The molecule has 1 N–H and O–H groups in total. The van der Waals surface area contributed by atoms with Gasteiger partial charge in [-0.3, -0.25) is 0 Å². The molecule has 0 saturated carbocycles. The maximum atomic E-state index is 12.6. The summed E-state index contributed by atoms with van der Waals surface area (Å²) < 4.78 is 37.8. The topological polar surface area (TPSA) is 37.8 Å². The van der Waals surface area contributed by atoms with E-state index in [2.05, 4.69) is 15.3 Å². The van der Waals surface area contributed by atoms with E-state index in [-0.39, 0.29) is 11.6 Å². The van der Waals surface area contributed by atoms with Gasteiger partial charge in [0.25, 0.3) is 0 Å². The van der Waals surface area contributed by atoms with Crippen molar-refractivity contribution in [3.05, 3.63) is 29.3 Å². The molecule has 0 fully saturated rings. The summed E-state index contributed by atoms with van der Waals surface area (Å²) in [6.45, 7) is 0. The molecule has 2 aromatic rings. The van der Waals surface area contributed by atoms with Gasteiger partial charge in [0.1, 0.15) is 0 Å². The molecule has 0 radical (unpaired) electrons. The normalized spacial score (nSPS) is 11.5. The smallest absolute Gasteiger partial charge is 0.357 e. The van der Waals surface area contributed by atoms with Gasteiger partial charge in [-0.2, -0.15) is 13.2 Å². The molecule has 17 heavy (non-hydrogen) atoms. The molecule has 90 valence electrons. The zero-order valence-corrected chi connectivity index (χ0v) is 9.56. The van der Waals surface area contributed by atoms with Crippen molar-refractivity contribution in [2.24, 2.45) is 0 Å². The quantitative estimate of drug-likeness (QED) is 0.899.